The summed E-state index contributed by atoms with van der Waals surface area (Å²) in [4.78, 5) is 14.4. The standard InChI is InChI=1S/C17H19N3O4/c1-2-24-16-5-3-4-13(17(16)21)12-18-10-11-19-14-6-8-15(9-7-14)20(22)23/h3-9,12,19,21H,2,10-11H2,1H3. The molecule has 2 aromatic carbocycles. The number of benzene rings is 2. The monoisotopic (exact) mass is 329 g/mol. The first-order chi connectivity index (χ1) is 11.6. The second-order valence-electron chi connectivity index (χ2n) is 4.89. The molecule has 0 bridgehead atoms. The predicted molar refractivity (Wildman–Crippen MR) is 93.3 cm³/mol. The molecule has 0 spiro atoms. The first kappa shape index (κ1) is 17.3. The van der Waals surface area contributed by atoms with E-state index in [-0.39, 0.29) is 11.4 Å². The van der Waals surface area contributed by atoms with Crippen LogP contribution in [0.2, 0.25) is 0 Å². The third-order valence-electron chi connectivity index (χ3n) is 3.21. The second-order valence-corrected chi connectivity index (χ2v) is 4.89. The summed E-state index contributed by atoms with van der Waals surface area (Å²) < 4.78 is 5.32. The van der Waals surface area contributed by atoms with Crippen molar-refractivity contribution in [3.8, 4) is 11.5 Å². The number of ether oxygens (including phenoxy) is 1. The summed E-state index contributed by atoms with van der Waals surface area (Å²) in [7, 11) is 0. The molecule has 0 atom stereocenters. The lowest BCUT2D eigenvalue weighted by Gasteiger charge is -2.07. The normalized spacial score (nSPS) is 10.7. The van der Waals surface area contributed by atoms with Gasteiger partial charge in [-0.3, -0.25) is 15.1 Å². The van der Waals surface area contributed by atoms with Gasteiger partial charge in [-0.25, -0.2) is 0 Å². The summed E-state index contributed by atoms with van der Waals surface area (Å²) in [5, 5.41) is 23.7. The zero-order chi connectivity index (χ0) is 17.4. The van der Waals surface area contributed by atoms with Crippen LogP contribution >= 0.6 is 0 Å². The van der Waals surface area contributed by atoms with E-state index in [4.69, 9.17) is 4.74 Å². The number of nitrogens with zero attached hydrogens (tertiary/aromatic N) is 2. The Labute approximate surface area is 139 Å². The summed E-state index contributed by atoms with van der Waals surface area (Å²) in [6.07, 6.45) is 1.59. The molecule has 7 heteroatoms. The minimum Gasteiger partial charge on any atom is -0.504 e. The van der Waals surface area contributed by atoms with Crippen LogP contribution in [-0.2, 0) is 0 Å². The van der Waals surface area contributed by atoms with Gasteiger partial charge in [0.05, 0.1) is 18.1 Å². The van der Waals surface area contributed by atoms with Crippen LogP contribution in [0.15, 0.2) is 47.5 Å². The van der Waals surface area contributed by atoms with Crippen molar-refractivity contribution in [1.29, 1.82) is 0 Å². The lowest BCUT2D eigenvalue weighted by molar-refractivity contribution is -0.384. The Balaban J connectivity index is 1.84. The van der Waals surface area contributed by atoms with Crippen molar-refractivity contribution < 1.29 is 14.8 Å². The molecule has 0 saturated carbocycles. The van der Waals surface area contributed by atoms with Crippen LogP contribution in [0.4, 0.5) is 11.4 Å². The van der Waals surface area contributed by atoms with Crippen molar-refractivity contribution in [2.75, 3.05) is 25.0 Å². The number of rotatable bonds is 8. The molecular weight excluding hydrogens is 310 g/mol. The topological polar surface area (TPSA) is 97.0 Å². The van der Waals surface area contributed by atoms with Gasteiger partial charge in [0.25, 0.3) is 5.69 Å². The molecule has 0 aliphatic heterocycles. The molecule has 0 aromatic heterocycles. The van der Waals surface area contributed by atoms with Crippen LogP contribution in [0.25, 0.3) is 0 Å². The molecule has 0 aliphatic carbocycles. The first-order valence-electron chi connectivity index (χ1n) is 7.54. The lowest BCUT2D eigenvalue weighted by atomic mass is 10.2. The van der Waals surface area contributed by atoms with Crippen molar-refractivity contribution in [2.24, 2.45) is 4.99 Å². The molecule has 24 heavy (non-hydrogen) atoms. The number of nitrogens with one attached hydrogen (secondary N) is 1. The van der Waals surface area contributed by atoms with Crippen molar-refractivity contribution in [3.63, 3.8) is 0 Å². The average Bonchev–Trinajstić information content (AvgIpc) is 2.58. The fraction of sp³-hybridized carbons (Fsp3) is 0.235. The summed E-state index contributed by atoms with van der Waals surface area (Å²) in [6, 6.07) is 11.4. The van der Waals surface area contributed by atoms with Gasteiger partial charge < -0.3 is 15.2 Å². The summed E-state index contributed by atoms with van der Waals surface area (Å²) in [5.41, 5.74) is 1.44. The molecule has 2 rings (SSSR count). The Hall–Kier alpha value is -3.09. The largest absolute Gasteiger partial charge is 0.504 e. The van der Waals surface area contributed by atoms with Gasteiger partial charge in [0, 0.05) is 36.1 Å². The van der Waals surface area contributed by atoms with Crippen LogP contribution in [0.1, 0.15) is 12.5 Å². The minimum atomic E-state index is -0.434. The third kappa shape index (κ3) is 4.70. The van der Waals surface area contributed by atoms with Crippen LogP contribution in [0.5, 0.6) is 11.5 Å². The summed E-state index contributed by atoms with van der Waals surface area (Å²) >= 11 is 0. The van der Waals surface area contributed by atoms with Crippen LogP contribution < -0.4 is 10.1 Å². The summed E-state index contributed by atoms with van der Waals surface area (Å²) in [6.45, 7) is 3.40. The maximum Gasteiger partial charge on any atom is 0.269 e. The van der Waals surface area contributed by atoms with E-state index < -0.39 is 4.92 Å². The Morgan fingerprint density at radius 3 is 2.71 bits per heavy atom. The minimum absolute atomic E-state index is 0.0585. The number of aliphatic imine (C=N–C) groups is 1. The van der Waals surface area contributed by atoms with Gasteiger partial charge in [-0.15, -0.1) is 0 Å². The smallest absolute Gasteiger partial charge is 0.269 e. The molecule has 7 nitrogen and oxygen atoms in total. The number of phenols is 1. The van der Waals surface area contributed by atoms with E-state index in [0.29, 0.717) is 31.0 Å². The van der Waals surface area contributed by atoms with Gasteiger partial charge in [0.15, 0.2) is 11.5 Å². The highest BCUT2D eigenvalue weighted by atomic mass is 16.6. The maximum absolute atomic E-state index is 10.6. The number of non-ortho nitro benzene ring substituents is 1. The molecule has 0 amide bonds. The van der Waals surface area contributed by atoms with Crippen LogP contribution in [0, 0.1) is 10.1 Å². The number of nitro groups is 1. The van der Waals surface area contributed by atoms with Crippen molar-refractivity contribution in [3.05, 3.63) is 58.1 Å². The molecule has 0 heterocycles. The zero-order valence-corrected chi connectivity index (χ0v) is 13.3. The van der Waals surface area contributed by atoms with Gasteiger partial charge in [-0.2, -0.15) is 0 Å². The van der Waals surface area contributed by atoms with E-state index >= 15 is 0 Å². The molecular formula is C17H19N3O4. The highest BCUT2D eigenvalue weighted by Gasteiger charge is 2.05. The molecule has 0 fully saturated rings. The van der Waals surface area contributed by atoms with Crippen LogP contribution in [-0.4, -0.2) is 35.9 Å². The van der Waals surface area contributed by atoms with Gasteiger partial charge in [-0.05, 0) is 31.2 Å². The second kappa shape index (κ2) is 8.52. The molecule has 2 aromatic rings. The Morgan fingerprint density at radius 2 is 2.04 bits per heavy atom. The van der Waals surface area contributed by atoms with Crippen molar-refractivity contribution in [2.45, 2.75) is 6.92 Å². The molecule has 0 saturated heterocycles. The Morgan fingerprint density at radius 1 is 1.29 bits per heavy atom. The number of anilines is 1. The predicted octanol–water partition coefficient (Wildman–Crippen LogP) is 3.23. The van der Waals surface area contributed by atoms with E-state index in [9.17, 15) is 15.2 Å². The van der Waals surface area contributed by atoms with Crippen molar-refractivity contribution in [1.82, 2.24) is 0 Å². The van der Waals surface area contributed by atoms with Gasteiger partial charge >= 0.3 is 0 Å². The maximum atomic E-state index is 10.6. The fourth-order valence-corrected chi connectivity index (χ4v) is 2.04. The van der Waals surface area contributed by atoms with E-state index in [1.165, 1.54) is 12.1 Å². The SMILES string of the molecule is CCOc1cccc(C=NCCNc2ccc([N+](=O)[O-])cc2)c1O. The first-order valence-corrected chi connectivity index (χ1v) is 7.54. The van der Waals surface area contributed by atoms with Gasteiger partial charge in [-0.1, -0.05) is 6.07 Å². The van der Waals surface area contributed by atoms with Gasteiger partial charge in [0.1, 0.15) is 0 Å². The summed E-state index contributed by atoms with van der Waals surface area (Å²) in [5.74, 6) is 0.511. The van der Waals surface area contributed by atoms with Crippen LogP contribution in [0.3, 0.4) is 0 Å². The number of phenolic OH excluding ortho intramolecular Hbond substituents is 1. The Bertz CT molecular complexity index is 714. The Kier molecular flexibility index (Phi) is 6.13. The number of nitro benzene ring substituents is 1. The van der Waals surface area contributed by atoms with Gasteiger partial charge in [0.2, 0.25) is 0 Å². The molecule has 0 radical (unpaired) electrons. The number of hydrogen-bond donors (Lipinski definition) is 2. The van der Waals surface area contributed by atoms with E-state index in [1.807, 2.05) is 6.92 Å². The lowest BCUT2D eigenvalue weighted by Crippen LogP contribution is -2.05. The molecule has 126 valence electrons. The molecule has 0 aliphatic rings. The molecule has 2 N–H and O–H groups in total. The third-order valence-corrected chi connectivity index (χ3v) is 3.21. The average molecular weight is 329 g/mol. The quantitative estimate of drug-likeness (QED) is 0.335. The number of aromatic hydroxyl groups is 1. The van der Waals surface area contributed by atoms with E-state index in [0.717, 1.165) is 5.69 Å². The highest BCUT2D eigenvalue weighted by molar-refractivity contribution is 5.84. The van der Waals surface area contributed by atoms with E-state index in [2.05, 4.69) is 10.3 Å². The number of hydrogen-bond acceptors (Lipinski definition) is 6. The zero-order valence-electron chi connectivity index (χ0n) is 13.3. The molecule has 0 unspecified atom stereocenters. The van der Waals surface area contributed by atoms with E-state index in [1.54, 1.807) is 36.5 Å². The number of para-hydroxylation sites is 1. The highest BCUT2D eigenvalue weighted by Crippen LogP contribution is 2.28. The van der Waals surface area contributed by atoms with Crippen molar-refractivity contribution >= 4 is 17.6 Å². The fourth-order valence-electron chi connectivity index (χ4n) is 2.04.